The molecule has 74 valence electrons. The lowest BCUT2D eigenvalue weighted by atomic mass is 10.2. The van der Waals surface area contributed by atoms with Crippen LogP contribution >= 0.6 is 0 Å². The van der Waals surface area contributed by atoms with Gasteiger partial charge in [0.15, 0.2) is 0 Å². The molecule has 0 aromatic carbocycles. The van der Waals surface area contributed by atoms with E-state index < -0.39 is 0 Å². The van der Waals surface area contributed by atoms with Gasteiger partial charge in [0.05, 0.1) is 0 Å². The normalized spacial score (nSPS) is 11.1. The third-order valence-corrected chi connectivity index (χ3v) is 2.32. The van der Waals surface area contributed by atoms with Gasteiger partial charge in [-0.2, -0.15) is 0 Å². The number of aromatic nitrogens is 2. The molecule has 3 heteroatoms. The standard InChI is InChI=1S/C10H19N3/c1-4-9(5-2)12-7-10-6-11-8(3)13-10/h6,9,12H,4-5,7H2,1-3H3,(H,11,13). The van der Waals surface area contributed by atoms with Gasteiger partial charge in [0.2, 0.25) is 0 Å². The molecule has 2 N–H and O–H groups in total. The Kier molecular flexibility index (Phi) is 3.96. The average Bonchev–Trinajstić information content (AvgIpc) is 2.53. The van der Waals surface area contributed by atoms with Crippen molar-refractivity contribution < 1.29 is 0 Å². The van der Waals surface area contributed by atoms with E-state index in [9.17, 15) is 0 Å². The van der Waals surface area contributed by atoms with Crippen LogP contribution in [0.1, 0.15) is 38.2 Å². The highest BCUT2D eigenvalue weighted by Gasteiger charge is 2.02. The third kappa shape index (κ3) is 3.19. The molecule has 1 rings (SSSR count). The first-order chi connectivity index (χ1) is 6.26. The SMILES string of the molecule is CCC(CC)NCc1cnc(C)[nH]1. The first kappa shape index (κ1) is 10.3. The van der Waals surface area contributed by atoms with Crippen molar-refractivity contribution in [2.75, 3.05) is 0 Å². The predicted octanol–water partition coefficient (Wildman–Crippen LogP) is 2.00. The molecule has 1 aromatic heterocycles. The van der Waals surface area contributed by atoms with Gasteiger partial charge in [0.1, 0.15) is 5.82 Å². The zero-order chi connectivity index (χ0) is 9.68. The molecular formula is C10H19N3. The number of rotatable bonds is 5. The van der Waals surface area contributed by atoms with E-state index in [1.807, 2.05) is 13.1 Å². The van der Waals surface area contributed by atoms with Crippen LogP contribution in [0.25, 0.3) is 0 Å². The summed E-state index contributed by atoms with van der Waals surface area (Å²) in [5.41, 5.74) is 1.17. The van der Waals surface area contributed by atoms with E-state index in [4.69, 9.17) is 0 Å². The van der Waals surface area contributed by atoms with Crippen molar-refractivity contribution in [2.24, 2.45) is 0 Å². The number of hydrogen-bond acceptors (Lipinski definition) is 2. The zero-order valence-electron chi connectivity index (χ0n) is 8.72. The summed E-state index contributed by atoms with van der Waals surface area (Å²) in [6, 6.07) is 0.628. The van der Waals surface area contributed by atoms with Gasteiger partial charge in [-0.15, -0.1) is 0 Å². The Morgan fingerprint density at radius 3 is 2.62 bits per heavy atom. The Morgan fingerprint density at radius 2 is 2.15 bits per heavy atom. The van der Waals surface area contributed by atoms with Crippen molar-refractivity contribution >= 4 is 0 Å². The fraction of sp³-hybridized carbons (Fsp3) is 0.700. The summed E-state index contributed by atoms with van der Waals surface area (Å²) >= 11 is 0. The van der Waals surface area contributed by atoms with Gasteiger partial charge in [0.25, 0.3) is 0 Å². The fourth-order valence-corrected chi connectivity index (χ4v) is 1.39. The molecule has 0 saturated carbocycles. The van der Waals surface area contributed by atoms with Crippen LogP contribution in [0.2, 0.25) is 0 Å². The fourth-order valence-electron chi connectivity index (χ4n) is 1.39. The molecule has 0 aliphatic rings. The molecule has 3 nitrogen and oxygen atoms in total. The molecule has 0 atom stereocenters. The molecule has 0 fully saturated rings. The van der Waals surface area contributed by atoms with Crippen LogP contribution in [0, 0.1) is 6.92 Å². The number of hydrogen-bond donors (Lipinski definition) is 2. The summed E-state index contributed by atoms with van der Waals surface area (Å²) in [7, 11) is 0. The van der Waals surface area contributed by atoms with Gasteiger partial charge in [-0.3, -0.25) is 0 Å². The minimum absolute atomic E-state index is 0.628. The van der Waals surface area contributed by atoms with Gasteiger partial charge in [-0.1, -0.05) is 13.8 Å². The maximum Gasteiger partial charge on any atom is 0.103 e. The van der Waals surface area contributed by atoms with E-state index >= 15 is 0 Å². The Bertz CT molecular complexity index is 238. The molecule has 0 saturated heterocycles. The van der Waals surface area contributed by atoms with Crippen molar-refractivity contribution in [1.29, 1.82) is 0 Å². The highest BCUT2D eigenvalue weighted by atomic mass is 15.0. The number of nitrogens with zero attached hydrogens (tertiary/aromatic N) is 1. The van der Waals surface area contributed by atoms with Crippen LogP contribution in [-0.2, 0) is 6.54 Å². The molecule has 0 aliphatic heterocycles. The van der Waals surface area contributed by atoms with Crippen LogP contribution in [0.3, 0.4) is 0 Å². The number of imidazole rings is 1. The summed E-state index contributed by atoms with van der Waals surface area (Å²) in [4.78, 5) is 7.36. The van der Waals surface area contributed by atoms with Crippen LogP contribution < -0.4 is 5.32 Å². The van der Waals surface area contributed by atoms with E-state index in [2.05, 4.69) is 29.1 Å². The average molecular weight is 181 g/mol. The van der Waals surface area contributed by atoms with Gasteiger partial charge in [-0.25, -0.2) is 4.98 Å². The smallest absolute Gasteiger partial charge is 0.103 e. The van der Waals surface area contributed by atoms with Crippen molar-refractivity contribution in [3.63, 3.8) is 0 Å². The van der Waals surface area contributed by atoms with Crippen molar-refractivity contribution in [3.05, 3.63) is 17.7 Å². The minimum atomic E-state index is 0.628. The molecule has 1 aromatic rings. The van der Waals surface area contributed by atoms with Crippen molar-refractivity contribution in [2.45, 2.75) is 46.2 Å². The first-order valence-corrected chi connectivity index (χ1v) is 5.00. The van der Waals surface area contributed by atoms with Crippen LogP contribution in [0.15, 0.2) is 6.20 Å². The number of aromatic amines is 1. The maximum atomic E-state index is 4.15. The second-order valence-corrected chi connectivity index (χ2v) is 3.39. The molecule has 0 unspecified atom stereocenters. The summed E-state index contributed by atoms with van der Waals surface area (Å²) in [6.45, 7) is 7.28. The Morgan fingerprint density at radius 1 is 1.46 bits per heavy atom. The number of nitrogens with one attached hydrogen (secondary N) is 2. The molecule has 1 heterocycles. The van der Waals surface area contributed by atoms with Crippen molar-refractivity contribution in [3.8, 4) is 0 Å². The van der Waals surface area contributed by atoms with Crippen LogP contribution in [-0.4, -0.2) is 16.0 Å². The van der Waals surface area contributed by atoms with Gasteiger partial charge >= 0.3 is 0 Å². The van der Waals surface area contributed by atoms with E-state index in [0.29, 0.717) is 6.04 Å². The van der Waals surface area contributed by atoms with Gasteiger partial charge < -0.3 is 10.3 Å². The molecule has 13 heavy (non-hydrogen) atoms. The summed E-state index contributed by atoms with van der Waals surface area (Å²) in [5, 5.41) is 3.48. The lowest BCUT2D eigenvalue weighted by Crippen LogP contribution is -2.27. The van der Waals surface area contributed by atoms with Gasteiger partial charge in [-0.05, 0) is 19.8 Å². The highest BCUT2D eigenvalue weighted by Crippen LogP contribution is 2.00. The van der Waals surface area contributed by atoms with Crippen molar-refractivity contribution in [1.82, 2.24) is 15.3 Å². The van der Waals surface area contributed by atoms with Crippen LogP contribution in [0.4, 0.5) is 0 Å². The number of H-pyrrole nitrogens is 1. The zero-order valence-corrected chi connectivity index (χ0v) is 8.72. The Hall–Kier alpha value is -0.830. The van der Waals surface area contributed by atoms with E-state index in [-0.39, 0.29) is 0 Å². The Balaban J connectivity index is 2.33. The number of aryl methyl sites for hydroxylation is 1. The largest absolute Gasteiger partial charge is 0.345 e. The van der Waals surface area contributed by atoms with E-state index in [0.717, 1.165) is 12.4 Å². The molecule has 0 bridgehead atoms. The summed E-state index contributed by atoms with van der Waals surface area (Å²) in [6.07, 6.45) is 4.26. The van der Waals surface area contributed by atoms with Crippen LogP contribution in [0.5, 0.6) is 0 Å². The maximum absolute atomic E-state index is 4.15. The molecule has 0 radical (unpaired) electrons. The molecule has 0 amide bonds. The molecular weight excluding hydrogens is 162 g/mol. The van der Waals surface area contributed by atoms with E-state index in [1.165, 1.54) is 18.5 Å². The highest BCUT2D eigenvalue weighted by molar-refractivity contribution is 4.99. The topological polar surface area (TPSA) is 40.7 Å². The second-order valence-electron chi connectivity index (χ2n) is 3.39. The quantitative estimate of drug-likeness (QED) is 0.729. The van der Waals surface area contributed by atoms with Gasteiger partial charge in [0, 0.05) is 24.5 Å². The second kappa shape index (κ2) is 5.02. The predicted molar refractivity (Wildman–Crippen MR) is 54.5 cm³/mol. The molecule has 0 spiro atoms. The van der Waals surface area contributed by atoms with E-state index in [1.54, 1.807) is 0 Å². The first-order valence-electron chi connectivity index (χ1n) is 5.00. The summed E-state index contributed by atoms with van der Waals surface area (Å²) in [5.74, 6) is 0.987. The third-order valence-electron chi connectivity index (χ3n) is 2.32. The lowest BCUT2D eigenvalue weighted by Gasteiger charge is -2.13. The summed E-state index contributed by atoms with van der Waals surface area (Å²) < 4.78 is 0. The lowest BCUT2D eigenvalue weighted by molar-refractivity contribution is 0.481. The minimum Gasteiger partial charge on any atom is -0.345 e. The molecule has 0 aliphatic carbocycles. The Labute approximate surface area is 80.0 Å². The monoisotopic (exact) mass is 181 g/mol.